The van der Waals surface area contributed by atoms with Crippen LogP contribution in [0.4, 0.5) is 5.82 Å². The van der Waals surface area contributed by atoms with Gasteiger partial charge in [-0.05, 0) is 17.7 Å². The molecule has 0 unspecified atom stereocenters. The van der Waals surface area contributed by atoms with Crippen molar-refractivity contribution in [2.45, 2.75) is 6.42 Å². The lowest BCUT2D eigenvalue weighted by atomic mass is 10.1. The molecule has 3 aromatic rings. The maximum absolute atomic E-state index is 12.2. The maximum Gasteiger partial charge on any atom is 0.230 e. The Bertz CT molecular complexity index is 878. The van der Waals surface area contributed by atoms with E-state index < -0.39 is 0 Å². The summed E-state index contributed by atoms with van der Waals surface area (Å²) in [7, 11) is 0. The predicted octanol–water partition coefficient (Wildman–Crippen LogP) is 2.68. The third-order valence-corrected chi connectivity index (χ3v) is 3.25. The van der Waals surface area contributed by atoms with Crippen molar-refractivity contribution >= 4 is 22.5 Å². The minimum atomic E-state index is -0.194. The Balaban J connectivity index is 1.80. The van der Waals surface area contributed by atoms with Crippen LogP contribution in [0.1, 0.15) is 11.1 Å². The summed E-state index contributed by atoms with van der Waals surface area (Å²) in [5.41, 5.74) is 1.32. The highest BCUT2D eigenvalue weighted by Gasteiger charge is 2.09. The second kappa shape index (κ2) is 6.02. The highest BCUT2D eigenvalue weighted by atomic mass is 16.1. The first kappa shape index (κ1) is 13.7. The van der Waals surface area contributed by atoms with Gasteiger partial charge >= 0.3 is 0 Å². The van der Waals surface area contributed by atoms with Crippen molar-refractivity contribution in [2.24, 2.45) is 0 Å². The molecule has 0 spiro atoms. The van der Waals surface area contributed by atoms with Crippen LogP contribution >= 0.6 is 0 Å². The Kier molecular flexibility index (Phi) is 3.75. The molecular weight excluding hydrogens is 276 g/mol. The Morgan fingerprint density at radius 1 is 1.18 bits per heavy atom. The molecule has 0 bridgehead atoms. The van der Waals surface area contributed by atoms with Crippen LogP contribution < -0.4 is 5.32 Å². The van der Waals surface area contributed by atoms with E-state index in [2.05, 4.69) is 21.6 Å². The van der Waals surface area contributed by atoms with Crippen molar-refractivity contribution < 1.29 is 4.79 Å². The zero-order valence-corrected chi connectivity index (χ0v) is 11.7. The van der Waals surface area contributed by atoms with E-state index in [-0.39, 0.29) is 12.3 Å². The van der Waals surface area contributed by atoms with Crippen molar-refractivity contribution in [3.05, 3.63) is 65.9 Å². The number of aromatic nitrogens is 2. The van der Waals surface area contributed by atoms with Gasteiger partial charge in [-0.15, -0.1) is 5.10 Å². The summed E-state index contributed by atoms with van der Waals surface area (Å²) in [4.78, 5) is 12.2. The Labute approximate surface area is 127 Å². The van der Waals surface area contributed by atoms with Crippen LogP contribution in [-0.2, 0) is 11.2 Å². The van der Waals surface area contributed by atoms with Crippen molar-refractivity contribution in [1.29, 1.82) is 5.26 Å². The molecule has 0 atom stereocenters. The summed E-state index contributed by atoms with van der Waals surface area (Å²) < 4.78 is 0. The van der Waals surface area contributed by atoms with E-state index in [9.17, 15) is 4.79 Å². The van der Waals surface area contributed by atoms with Crippen molar-refractivity contribution in [3.8, 4) is 6.07 Å². The number of hydrogen-bond acceptors (Lipinski definition) is 4. The molecule has 1 heterocycles. The number of hydrogen-bond donors (Lipinski definition) is 1. The van der Waals surface area contributed by atoms with Gasteiger partial charge in [0, 0.05) is 10.8 Å². The lowest BCUT2D eigenvalue weighted by molar-refractivity contribution is -0.115. The lowest BCUT2D eigenvalue weighted by Crippen LogP contribution is -2.16. The number of benzene rings is 2. The van der Waals surface area contributed by atoms with Crippen molar-refractivity contribution in [1.82, 2.24) is 10.2 Å². The summed E-state index contributed by atoms with van der Waals surface area (Å²) in [6.07, 6.45) is 1.84. The number of nitrogens with one attached hydrogen (secondary N) is 1. The van der Waals surface area contributed by atoms with E-state index in [4.69, 9.17) is 5.26 Å². The topological polar surface area (TPSA) is 78.7 Å². The smallest absolute Gasteiger partial charge is 0.230 e. The molecule has 106 valence electrons. The molecule has 5 nitrogen and oxygen atoms in total. The standard InChI is InChI=1S/C17H12N4O/c18-10-13-5-3-4-12(8-13)9-16(22)20-17-15-7-2-1-6-14(15)11-19-21-17/h1-8,11H,9H2,(H,20,21,22). The average molecular weight is 288 g/mol. The number of carbonyl (C=O) groups is 1. The fraction of sp³-hybridized carbons (Fsp3) is 0.0588. The van der Waals surface area contributed by atoms with E-state index >= 15 is 0 Å². The van der Waals surface area contributed by atoms with Gasteiger partial charge in [-0.1, -0.05) is 36.4 Å². The van der Waals surface area contributed by atoms with Crippen LogP contribution in [0.15, 0.2) is 54.7 Å². The quantitative estimate of drug-likeness (QED) is 0.803. The van der Waals surface area contributed by atoms with E-state index in [1.165, 1.54) is 0 Å². The van der Waals surface area contributed by atoms with Gasteiger partial charge in [0.25, 0.3) is 0 Å². The number of rotatable bonds is 3. The van der Waals surface area contributed by atoms with Gasteiger partial charge in [0.15, 0.2) is 5.82 Å². The van der Waals surface area contributed by atoms with Crippen LogP contribution in [0.3, 0.4) is 0 Å². The van der Waals surface area contributed by atoms with E-state index in [1.54, 1.807) is 24.4 Å². The molecule has 1 aromatic heterocycles. The predicted molar refractivity (Wildman–Crippen MR) is 83.0 cm³/mol. The molecule has 1 N–H and O–H groups in total. The van der Waals surface area contributed by atoms with Gasteiger partial charge in [0.1, 0.15) is 0 Å². The summed E-state index contributed by atoms with van der Waals surface area (Å²) in [5, 5.41) is 21.3. The highest BCUT2D eigenvalue weighted by molar-refractivity contribution is 6.00. The van der Waals surface area contributed by atoms with E-state index in [1.807, 2.05) is 30.3 Å². The molecule has 0 radical (unpaired) electrons. The summed E-state index contributed by atoms with van der Waals surface area (Å²) in [5.74, 6) is 0.250. The largest absolute Gasteiger partial charge is 0.308 e. The zero-order chi connectivity index (χ0) is 15.4. The molecule has 0 saturated heterocycles. The Hall–Kier alpha value is -3.26. The van der Waals surface area contributed by atoms with E-state index in [0.29, 0.717) is 11.4 Å². The first-order valence-electron chi connectivity index (χ1n) is 6.75. The fourth-order valence-corrected chi connectivity index (χ4v) is 2.23. The van der Waals surface area contributed by atoms with Crippen LogP contribution in [0.5, 0.6) is 0 Å². The Morgan fingerprint density at radius 3 is 2.91 bits per heavy atom. The van der Waals surface area contributed by atoms with Gasteiger partial charge in [-0.3, -0.25) is 4.79 Å². The van der Waals surface area contributed by atoms with Crippen LogP contribution in [-0.4, -0.2) is 16.1 Å². The van der Waals surface area contributed by atoms with Gasteiger partial charge in [-0.2, -0.15) is 10.4 Å². The third-order valence-electron chi connectivity index (χ3n) is 3.25. The normalized spacial score (nSPS) is 10.1. The first-order chi connectivity index (χ1) is 10.8. The molecule has 0 aliphatic carbocycles. The van der Waals surface area contributed by atoms with Gasteiger partial charge in [0.2, 0.25) is 5.91 Å². The average Bonchev–Trinajstić information content (AvgIpc) is 2.55. The molecule has 0 aliphatic heterocycles. The number of amides is 1. The molecular formula is C17H12N4O. The maximum atomic E-state index is 12.2. The number of fused-ring (bicyclic) bond motifs is 1. The number of anilines is 1. The monoisotopic (exact) mass is 288 g/mol. The zero-order valence-electron chi connectivity index (χ0n) is 11.7. The second-order valence-electron chi connectivity index (χ2n) is 4.82. The summed E-state index contributed by atoms with van der Waals surface area (Å²) in [6.45, 7) is 0. The van der Waals surface area contributed by atoms with Crippen molar-refractivity contribution in [2.75, 3.05) is 5.32 Å². The first-order valence-corrected chi connectivity index (χ1v) is 6.75. The number of nitrogens with zero attached hydrogens (tertiary/aromatic N) is 3. The van der Waals surface area contributed by atoms with E-state index in [0.717, 1.165) is 16.3 Å². The second-order valence-corrected chi connectivity index (χ2v) is 4.82. The van der Waals surface area contributed by atoms with Crippen molar-refractivity contribution in [3.63, 3.8) is 0 Å². The van der Waals surface area contributed by atoms with Crippen LogP contribution in [0.25, 0.3) is 10.8 Å². The van der Waals surface area contributed by atoms with Gasteiger partial charge in [0.05, 0.1) is 24.3 Å². The number of nitriles is 1. The van der Waals surface area contributed by atoms with Crippen LogP contribution in [0, 0.1) is 11.3 Å². The SMILES string of the molecule is N#Cc1cccc(CC(=O)Nc2nncc3ccccc23)c1. The molecule has 5 heteroatoms. The molecule has 1 amide bonds. The van der Waals surface area contributed by atoms with Gasteiger partial charge < -0.3 is 5.32 Å². The summed E-state index contributed by atoms with van der Waals surface area (Å²) in [6, 6.07) is 16.6. The highest BCUT2D eigenvalue weighted by Crippen LogP contribution is 2.19. The van der Waals surface area contributed by atoms with Gasteiger partial charge in [-0.25, -0.2) is 0 Å². The molecule has 22 heavy (non-hydrogen) atoms. The molecule has 3 rings (SSSR count). The summed E-state index contributed by atoms with van der Waals surface area (Å²) >= 11 is 0. The fourth-order valence-electron chi connectivity index (χ4n) is 2.23. The lowest BCUT2D eigenvalue weighted by Gasteiger charge is -2.07. The Morgan fingerprint density at radius 2 is 2.05 bits per heavy atom. The molecule has 0 fully saturated rings. The third kappa shape index (κ3) is 2.91. The molecule has 2 aromatic carbocycles. The number of carbonyl (C=O) groups excluding carboxylic acids is 1. The molecule has 0 saturated carbocycles. The van der Waals surface area contributed by atoms with Crippen LogP contribution in [0.2, 0.25) is 0 Å². The minimum absolute atomic E-state index is 0.181. The minimum Gasteiger partial charge on any atom is -0.308 e. The molecule has 0 aliphatic rings.